The molecular formula is C7H13NO2. The van der Waals surface area contributed by atoms with E-state index in [1.807, 2.05) is 0 Å². The molecule has 0 saturated heterocycles. The Hall–Kier alpha value is -0.960. The summed E-state index contributed by atoms with van der Waals surface area (Å²) < 4.78 is 9.77. The lowest BCUT2D eigenvalue weighted by molar-refractivity contribution is -0.0805. The molecule has 3 nitrogen and oxygen atoms in total. The molecule has 1 unspecified atom stereocenters. The van der Waals surface area contributed by atoms with E-state index >= 15 is 0 Å². The van der Waals surface area contributed by atoms with Gasteiger partial charge in [0.1, 0.15) is 0 Å². The zero-order chi connectivity index (χ0) is 7.98. The van der Waals surface area contributed by atoms with Crippen LogP contribution >= 0.6 is 0 Å². The minimum atomic E-state index is -0.352. The van der Waals surface area contributed by atoms with Gasteiger partial charge in [-0.15, -0.1) is 0 Å². The minimum absolute atomic E-state index is 0.352. The third kappa shape index (κ3) is 3.97. The minimum Gasteiger partial charge on any atom is -0.473 e. The molecule has 0 spiro atoms. The van der Waals surface area contributed by atoms with Crippen LogP contribution in [0.3, 0.4) is 0 Å². The van der Waals surface area contributed by atoms with Crippen molar-refractivity contribution in [1.82, 2.24) is 0 Å². The number of hydrogen-bond donors (Lipinski definition) is 1. The fourth-order valence-electron chi connectivity index (χ4n) is 0.508. The lowest BCUT2D eigenvalue weighted by Gasteiger charge is -2.13. The van der Waals surface area contributed by atoms with Crippen molar-refractivity contribution in [2.45, 2.75) is 12.7 Å². The molecule has 2 N–H and O–H groups in total. The van der Waals surface area contributed by atoms with Gasteiger partial charge in [0, 0.05) is 19.2 Å². The second kappa shape index (κ2) is 4.88. The molecule has 0 heterocycles. The summed E-state index contributed by atoms with van der Waals surface area (Å²) in [7, 11) is 1.54. The summed E-state index contributed by atoms with van der Waals surface area (Å²) in [6.45, 7) is 6.89. The van der Waals surface area contributed by atoms with Gasteiger partial charge >= 0.3 is 0 Å². The van der Waals surface area contributed by atoms with E-state index in [2.05, 4.69) is 13.2 Å². The molecule has 0 aliphatic heterocycles. The number of methoxy groups -OCH3 is 1. The maximum absolute atomic E-state index is 5.31. The number of nitrogens with two attached hydrogens (primary N) is 1. The maximum atomic E-state index is 5.31. The molecule has 0 fully saturated rings. The smallest absolute Gasteiger partial charge is 0.204 e. The van der Waals surface area contributed by atoms with Crippen molar-refractivity contribution in [3.8, 4) is 0 Å². The van der Waals surface area contributed by atoms with Crippen molar-refractivity contribution in [3.63, 3.8) is 0 Å². The molecule has 0 aromatic rings. The van der Waals surface area contributed by atoms with Crippen LogP contribution in [0.1, 0.15) is 6.42 Å². The monoisotopic (exact) mass is 143 g/mol. The van der Waals surface area contributed by atoms with Crippen molar-refractivity contribution in [1.29, 1.82) is 0 Å². The Balaban J connectivity index is 3.59. The quantitative estimate of drug-likeness (QED) is 0.461. The Labute approximate surface area is 61.1 Å². The van der Waals surface area contributed by atoms with E-state index in [1.54, 1.807) is 0 Å². The van der Waals surface area contributed by atoms with Gasteiger partial charge in [-0.05, 0) is 0 Å². The number of rotatable bonds is 5. The first-order valence-corrected chi connectivity index (χ1v) is 2.93. The SMILES string of the molecule is C=COC(CC(=C)N)OC. The first-order valence-electron chi connectivity index (χ1n) is 2.93. The van der Waals surface area contributed by atoms with E-state index in [1.165, 1.54) is 13.4 Å². The third-order valence-corrected chi connectivity index (χ3v) is 0.940. The largest absolute Gasteiger partial charge is 0.473 e. The van der Waals surface area contributed by atoms with Gasteiger partial charge in [-0.3, -0.25) is 0 Å². The van der Waals surface area contributed by atoms with Crippen molar-refractivity contribution in [2.75, 3.05) is 7.11 Å². The Morgan fingerprint density at radius 3 is 2.70 bits per heavy atom. The highest BCUT2D eigenvalue weighted by molar-refractivity contribution is 4.87. The molecule has 0 aromatic heterocycles. The molecule has 0 aromatic carbocycles. The fourth-order valence-corrected chi connectivity index (χ4v) is 0.508. The summed E-state index contributed by atoms with van der Waals surface area (Å²) in [5, 5.41) is 0. The van der Waals surface area contributed by atoms with E-state index in [0.717, 1.165) is 0 Å². The van der Waals surface area contributed by atoms with Crippen molar-refractivity contribution < 1.29 is 9.47 Å². The van der Waals surface area contributed by atoms with Crippen LogP contribution in [0.25, 0.3) is 0 Å². The summed E-state index contributed by atoms with van der Waals surface area (Å²) in [4.78, 5) is 0. The molecule has 3 heteroatoms. The summed E-state index contributed by atoms with van der Waals surface area (Å²) in [5.74, 6) is 0. The van der Waals surface area contributed by atoms with E-state index in [-0.39, 0.29) is 6.29 Å². The highest BCUT2D eigenvalue weighted by atomic mass is 16.7. The molecule has 58 valence electrons. The molecule has 0 aliphatic rings. The van der Waals surface area contributed by atoms with E-state index < -0.39 is 0 Å². The van der Waals surface area contributed by atoms with Gasteiger partial charge in [0.25, 0.3) is 0 Å². The summed E-state index contributed by atoms with van der Waals surface area (Å²) >= 11 is 0. The fraction of sp³-hybridized carbons (Fsp3) is 0.429. The Kier molecular flexibility index (Phi) is 4.41. The van der Waals surface area contributed by atoms with Crippen LogP contribution in [0.15, 0.2) is 25.1 Å². The average Bonchev–Trinajstić information content (AvgIpc) is 1.86. The lowest BCUT2D eigenvalue weighted by Crippen LogP contribution is -2.15. The maximum Gasteiger partial charge on any atom is 0.204 e. The van der Waals surface area contributed by atoms with Crippen molar-refractivity contribution in [2.24, 2.45) is 5.73 Å². The van der Waals surface area contributed by atoms with Crippen LogP contribution in [0.2, 0.25) is 0 Å². The van der Waals surface area contributed by atoms with Crippen LogP contribution < -0.4 is 5.73 Å². The van der Waals surface area contributed by atoms with Gasteiger partial charge < -0.3 is 15.2 Å². The van der Waals surface area contributed by atoms with Crippen molar-refractivity contribution >= 4 is 0 Å². The zero-order valence-corrected chi connectivity index (χ0v) is 6.17. The predicted octanol–water partition coefficient (Wildman–Crippen LogP) is 0.982. The second-order valence-corrected chi connectivity index (χ2v) is 1.83. The molecule has 1 atom stereocenters. The number of hydrogen-bond acceptors (Lipinski definition) is 3. The molecule has 0 rings (SSSR count). The highest BCUT2D eigenvalue weighted by Crippen LogP contribution is 2.02. The summed E-state index contributed by atoms with van der Waals surface area (Å²) in [6, 6.07) is 0. The van der Waals surface area contributed by atoms with Gasteiger partial charge in [0.15, 0.2) is 0 Å². The van der Waals surface area contributed by atoms with Crippen LogP contribution in [0.5, 0.6) is 0 Å². The Bertz CT molecular complexity index is 123. The van der Waals surface area contributed by atoms with Crippen LogP contribution in [-0.4, -0.2) is 13.4 Å². The molecule has 0 radical (unpaired) electrons. The molecule has 0 bridgehead atoms. The topological polar surface area (TPSA) is 44.5 Å². The van der Waals surface area contributed by atoms with Gasteiger partial charge in [-0.2, -0.15) is 0 Å². The molecule has 0 aliphatic carbocycles. The average molecular weight is 143 g/mol. The molecule has 0 saturated carbocycles. The Morgan fingerprint density at radius 1 is 1.80 bits per heavy atom. The molecule has 0 amide bonds. The van der Waals surface area contributed by atoms with E-state index in [0.29, 0.717) is 12.1 Å². The Morgan fingerprint density at radius 2 is 2.40 bits per heavy atom. The second-order valence-electron chi connectivity index (χ2n) is 1.83. The highest BCUT2D eigenvalue weighted by Gasteiger charge is 2.04. The van der Waals surface area contributed by atoms with Gasteiger partial charge in [-0.1, -0.05) is 13.2 Å². The van der Waals surface area contributed by atoms with E-state index in [4.69, 9.17) is 15.2 Å². The molecular weight excluding hydrogens is 130 g/mol. The standard InChI is InChI=1S/C7H13NO2/c1-4-10-7(9-3)5-6(2)8/h4,7H,1-2,5,8H2,3H3. The zero-order valence-electron chi connectivity index (χ0n) is 6.17. The van der Waals surface area contributed by atoms with Crippen LogP contribution in [0, 0.1) is 0 Å². The first-order chi connectivity index (χ1) is 4.70. The van der Waals surface area contributed by atoms with Gasteiger partial charge in [0.2, 0.25) is 6.29 Å². The summed E-state index contributed by atoms with van der Waals surface area (Å²) in [5.41, 5.74) is 5.85. The van der Waals surface area contributed by atoms with Crippen LogP contribution in [-0.2, 0) is 9.47 Å². The normalized spacial score (nSPS) is 12.1. The predicted molar refractivity (Wildman–Crippen MR) is 40.0 cm³/mol. The molecule has 10 heavy (non-hydrogen) atoms. The van der Waals surface area contributed by atoms with E-state index in [9.17, 15) is 0 Å². The number of ether oxygens (including phenoxy) is 2. The third-order valence-electron chi connectivity index (χ3n) is 0.940. The first kappa shape index (κ1) is 9.04. The summed E-state index contributed by atoms with van der Waals surface area (Å²) in [6.07, 6.45) is 1.45. The van der Waals surface area contributed by atoms with Gasteiger partial charge in [-0.25, -0.2) is 0 Å². The van der Waals surface area contributed by atoms with Gasteiger partial charge in [0.05, 0.1) is 6.26 Å². The van der Waals surface area contributed by atoms with Crippen molar-refractivity contribution in [3.05, 3.63) is 25.1 Å². The lowest BCUT2D eigenvalue weighted by atomic mass is 10.3. The van der Waals surface area contributed by atoms with Crippen LogP contribution in [0.4, 0.5) is 0 Å².